The minimum Gasteiger partial charge on any atom is -0.549 e. The van der Waals surface area contributed by atoms with Gasteiger partial charge in [-0.2, -0.15) is 5.26 Å². The normalized spacial score (nSPS) is 11.6. The third-order valence-corrected chi connectivity index (χ3v) is 5.26. The average molecular weight is 394 g/mol. The van der Waals surface area contributed by atoms with Crippen LogP contribution in [0, 0.1) is 11.3 Å². The molecule has 4 nitrogen and oxygen atoms in total. The number of aliphatic carboxylic acids is 1. The van der Waals surface area contributed by atoms with Crippen molar-refractivity contribution in [2.45, 2.75) is 17.2 Å². The van der Waals surface area contributed by atoms with Crippen LogP contribution in [0.4, 0.5) is 0 Å². The molecule has 0 unspecified atom stereocenters. The summed E-state index contributed by atoms with van der Waals surface area (Å²) < 4.78 is 0. The number of hydrogen-bond acceptors (Lipinski definition) is 5. The zero-order chi connectivity index (χ0) is 19.4. The van der Waals surface area contributed by atoms with E-state index in [2.05, 4.69) is 11.1 Å². The highest BCUT2D eigenvalue weighted by Gasteiger charge is 2.18. The fourth-order valence-electron chi connectivity index (χ4n) is 2.54. The van der Waals surface area contributed by atoms with E-state index in [0.717, 1.165) is 22.9 Å². The highest BCUT2D eigenvalue weighted by molar-refractivity contribution is 8.00. The zero-order valence-corrected chi connectivity index (χ0v) is 15.9. The molecule has 0 aliphatic rings. The summed E-state index contributed by atoms with van der Waals surface area (Å²) >= 11 is 6.98. The predicted octanol–water partition coefficient (Wildman–Crippen LogP) is 4.17. The van der Waals surface area contributed by atoms with Crippen LogP contribution in [0.15, 0.2) is 65.7 Å². The van der Waals surface area contributed by atoms with E-state index in [-0.39, 0.29) is 0 Å². The Bertz CT molecular complexity index is 1010. The maximum Gasteiger partial charge on any atom is 0.116 e. The molecule has 0 saturated carbocycles. The third kappa shape index (κ3) is 4.30. The number of thioether (sulfide) groups is 1. The van der Waals surface area contributed by atoms with Gasteiger partial charge in [-0.05, 0) is 30.7 Å². The lowest BCUT2D eigenvalue weighted by atomic mass is 9.99. The van der Waals surface area contributed by atoms with Crippen LogP contribution in [0.3, 0.4) is 0 Å². The topological polar surface area (TPSA) is 76.8 Å². The molecule has 0 radical (unpaired) electrons. The largest absolute Gasteiger partial charge is 0.549 e. The first-order valence-electron chi connectivity index (χ1n) is 8.13. The summed E-state index contributed by atoms with van der Waals surface area (Å²) in [5, 5.41) is 21.0. The number of benzene rings is 2. The number of pyridine rings is 1. The standard InChI is InChI=1S/C21H15ClN2O2S/c1-13(21(25)26)27-20-18(12-23)17(14-7-9-16(22)10-8-14)11-19(24-20)15-5-3-2-4-6-15/h2-11,13H,1H3,(H,25,26)/p-1/t13-/m1/s1. The molecule has 27 heavy (non-hydrogen) atoms. The Hall–Kier alpha value is -2.81. The van der Waals surface area contributed by atoms with Crippen LogP contribution in [0.5, 0.6) is 0 Å². The van der Waals surface area contributed by atoms with Crippen molar-refractivity contribution in [1.29, 1.82) is 5.26 Å². The Morgan fingerprint density at radius 2 is 1.81 bits per heavy atom. The molecule has 0 spiro atoms. The van der Waals surface area contributed by atoms with Crippen molar-refractivity contribution in [2.24, 2.45) is 0 Å². The van der Waals surface area contributed by atoms with Crippen molar-refractivity contribution in [3.8, 4) is 28.5 Å². The van der Waals surface area contributed by atoms with Crippen LogP contribution < -0.4 is 5.11 Å². The molecule has 1 atom stereocenters. The molecule has 134 valence electrons. The Labute approximate surface area is 166 Å². The fraction of sp³-hybridized carbons (Fsp3) is 0.0952. The van der Waals surface area contributed by atoms with E-state index in [4.69, 9.17) is 11.6 Å². The van der Waals surface area contributed by atoms with Crippen molar-refractivity contribution in [3.05, 3.63) is 71.2 Å². The lowest BCUT2D eigenvalue weighted by molar-refractivity contribution is -0.304. The van der Waals surface area contributed by atoms with Crippen molar-refractivity contribution >= 4 is 29.3 Å². The van der Waals surface area contributed by atoms with Gasteiger partial charge in [0.25, 0.3) is 0 Å². The Morgan fingerprint density at radius 3 is 2.41 bits per heavy atom. The van der Waals surface area contributed by atoms with Crippen molar-refractivity contribution in [3.63, 3.8) is 0 Å². The third-order valence-electron chi connectivity index (χ3n) is 3.94. The number of hydrogen-bond donors (Lipinski definition) is 0. The van der Waals surface area contributed by atoms with Crippen molar-refractivity contribution < 1.29 is 9.90 Å². The molecule has 6 heteroatoms. The number of halogens is 1. The molecular weight excluding hydrogens is 380 g/mol. The first-order valence-corrected chi connectivity index (χ1v) is 9.39. The van der Waals surface area contributed by atoms with Gasteiger partial charge in [-0.15, -0.1) is 0 Å². The van der Waals surface area contributed by atoms with Gasteiger partial charge in [0.1, 0.15) is 11.1 Å². The summed E-state index contributed by atoms with van der Waals surface area (Å²) in [6.45, 7) is 1.51. The zero-order valence-electron chi connectivity index (χ0n) is 14.3. The van der Waals surface area contributed by atoms with Crippen LogP contribution in [0.2, 0.25) is 5.02 Å². The van der Waals surface area contributed by atoms with Gasteiger partial charge >= 0.3 is 0 Å². The van der Waals surface area contributed by atoms with Crippen LogP contribution in [0.1, 0.15) is 12.5 Å². The lowest BCUT2D eigenvalue weighted by Gasteiger charge is -2.16. The molecule has 2 aromatic carbocycles. The maximum absolute atomic E-state index is 11.2. The summed E-state index contributed by atoms with van der Waals surface area (Å²) in [7, 11) is 0. The van der Waals surface area contributed by atoms with E-state index in [1.165, 1.54) is 6.92 Å². The second-order valence-corrected chi connectivity index (χ2v) is 7.56. The van der Waals surface area contributed by atoms with Gasteiger partial charge in [0.15, 0.2) is 0 Å². The Kier molecular flexibility index (Phi) is 5.80. The van der Waals surface area contributed by atoms with Crippen molar-refractivity contribution in [1.82, 2.24) is 4.98 Å². The minimum atomic E-state index is -1.20. The molecule has 3 aromatic rings. The Balaban J connectivity index is 2.22. The summed E-state index contributed by atoms with van der Waals surface area (Å²) in [4.78, 5) is 15.8. The number of nitriles is 1. The summed E-state index contributed by atoms with van der Waals surface area (Å²) in [6, 6.07) is 20.7. The SMILES string of the molecule is C[C@@H](Sc1nc(-c2ccccc2)cc(-c2ccc(Cl)cc2)c1C#N)C(=O)[O-]. The van der Waals surface area contributed by atoms with Crippen LogP contribution in [0.25, 0.3) is 22.4 Å². The molecule has 0 N–H and O–H groups in total. The lowest BCUT2D eigenvalue weighted by Crippen LogP contribution is -2.31. The average Bonchev–Trinajstić information content (AvgIpc) is 2.68. The van der Waals surface area contributed by atoms with E-state index in [0.29, 0.717) is 26.9 Å². The van der Waals surface area contributed by atoms with Crippen molar-refractivity contribution in [2.75, 3.05) is 0 Å². The number of carboxylic acids is 1. The first kappa shape index (κ1) is 19.0. The number of aromatic nitrogens is 1. The molecule has 0 amide bonds. The van der Waals surface area contributed by atoms with E-state index in [9.17, 15) is 15.2 Å². The second-order valence-electron chi connectivity index (χ2n) is 5.80. The quantitative estimate of drug-likeness (QED) is 0.608. The van der Waals surface area contributed by atoms with Crippen LogP contribution >= 0.6 is 23.4 Å². The first-order chi connectivity index (χ1) is 13.0. The molecule has 0 aliphatic heterocycles. The van der Waals surface area contributed by atoms with Gasteiger partial charge in [-0.3, -0.25) is 0 Å². The van der Waals surface area contributed by atoms with E-state index < -0.39 is 11.2 Å². The van der Waals surface area contributed by atoms with E-state index in [1.807, 2.05) is 48.5 Å². The number of carboxylic acid groups (broad SMARTS) is 1. The molecule has 3 rings (SSSR count). The molecular formula is C21H14ClN2O2S-. The Morgan fingerprint density at radius 1 is 1.15 bits per heavy atom. The molecule has 1 heterocycles. The van der Waals surface area contributed by atoms with E-state index >= 15 is 0 Å². The molecule has 0 saturated heterocycles. The highest BCUT2D eigenvalue weighted by Crippen LogP contribution is 2.35. The number of rotatable bonds is 5. The summed E-state index contributed by atoms with van der Waals surface area (Å²) in [6.07, 6.45) is 0. The van der Waals surface area contributed by atoms with Gasteiger partial charge in [0.2, 0.25) is 0 Å². The van der Waals surface area contributed by atoms with Gasteiger partial charge in [-0.25, -0.2) is 4.98 Å². The van der Waals surface area contributed by atoms with E-state index in [1.54, 1.807) is 12.1 Å². The molecule has 0 bridgehead atoms. The van der Waals surface area contributed by atoms with Crippen LogP contribution in [-0.4, -0.2) is 16.2 Å². The molecule has 0 aliphatic carbocycles. The number of nitrogens with zero attached hydrogens (tertiary/aromatic N) is 2. The fourth-order valence-corrected chi connectivity index (χ4v) is 3.53. The minimum absolute atomic E-state index is 0.329. The van der Waals surface area contributed by atoms with Gasteiger partial charge in [0, 0.05) is 21.4 Å². The maximum atomic E-state index is 11.2. The summed E-state index contributed by atoms with van der Waals surface area (Å²) in [5.41, 5.74) is 3.34. The summed E-state index contributed by atoms with van der Waals surface area (Å²) in [5.74, 6) is -1.20. The van der Waals surface area contributed by atoms with Gasteiger partial charge in [0.05, 0.1) is 17.2 Å². The van der Waals surface area contributed by atoms with Gasteiger partial charge in [-0.1, -0.05) is 65.8 Å². The predicted molar refractivity (Wildman–Crippen MR) is 105 cm³/mol. The number of carbonyl (C=O) groups is 1. The van der Waals surface area contributed by atoms with Crippen LogP contribution in [-0.2, 0) is 4.79 Å². The number of carbonyl (C=O) groups excluding carboxylic acids is 1. The highest BCUT2D eigenvalue weighted by atomic mass is 35.5. The van der Waals surface area contributed by atoms with Gasteiger partial charge < -0.3 is 9.90 Å². The monoisotopic (exact) mass is 393 g/mol. The second kappa shape index (κ2) is 8.26. The smallest absolute Gasteiger partial charge is 0.116 e. The molecule has 1 aromatic heterocycles. The molecule has 0 fully saturated rings.